The molecule has 1 saturated carbocycles. The van der Waals surface area contributed by atoms with Crippen LogP contribution in [0.3, 0.4) is 0 Å². The quantitative estimate of drug-likeness (QED) is 0.730. The zero-order valence-electron chi connectivity index (χ0n) is 10.2. The number of hydrogen-bond acceptors (Lipinski definition) is 3. The van der Waals surface area contributed by atoms with Crippen LogP contribution < -0.4 is 5.73 Å². The minimum atomic E-state index is 0.502. The van der Waals surface area contributed by atoms with E-state index >= 15 is 0 Å². The van der Waals surface area contributed by atoms with Crippen LogP contribution in [-0.4, -0.2) is 43.8 Å². The predicted molar refractivity (Wildman–Crippen MR) is 64.0 cm³/mol. The Kier molecular flexibility index (Phi) is 6.22. The molecule has 1 unspecified atom stereocenters. The Bertz CT molecular complexity index is 158. The molecule has 1 fully saturated rings. The first-order valence-electron chi connectivity index (χ1n) is 6.24. The molecule has 0 heterocycles. The van der Waals surface area contributed by atoms with Crippen molar-refractivity contribution in [1.29, 1.82) is 0 Å². The summed E-state index contributed by atoms with van der Waals surface area (Å²) in [5.74, 6) is 0. The fourth-order valence-corrected chi connectivity index (χ4v) is 2.66. The largest absolute Gasteiger partial charge is 0.383 e. The van der Waals surface area contributed by atoms with Crippen LogP contribution in [0.1, 0.15) is 39.0 Å². The van der Waals surface area contributed by atoms with Crippen LogP contribution in [0.2, 0.25) is 0 Å². The van der Waals surface area contributed by atoms with Gasteiger partial charge in [0.2, 0.25) is 0 Å². The molecule has 15 heavy (non-hydrogen) atoms. The lowest BCUT2D eigenvalue weighted by molar-refractivity contribution is 0.0576. The normalized spacial score (nSPS) is 20.8. The third kappa shape index (κ3) is 4.09. The SMILES string of the molecule is COCC(C)N(CCN)C1CCCCC1. The number of rotatable bonds is 6. The van der Waals surface area contributed by atoms with Crippen LogP contribution in [0.4, 0.5) is 0 Å². The molecule has 0 aromatic carbocycles. The average molecular weight is 214 g/mol. The van der Waals surface area contributed by atoms with Gasteiger partial charge in [-0.2, -0.15) is 0 Å². The molecule has 1 rings (SSSR count). The molecule has 0 saturated heterocycles. The maximum atomic E-state index is 5.69. The standard InChI is InChI=1S/C12H26N2O/c1-11(10-15-2)14(9-8-13)12-6-4-3-5-7-12/h11-12H,3-10,13H2,1-2H3. The summed E-state index contributed by atoms with van der Waals surface area (Å²) in [6.45, 7) is 4.82. The molecule has 0 aromatic rings. The topological polar surface area (TPSA) is 38.5 Å². The van der Waals surface area contributed by atoms with Crippen molar-refractivity contribution in [3.8, 4) is 0 Å². The molecule has 0 radical (unpaired) electrons. The lowest BCUT2D eigenvalue weighted by atomic mass is 9.93. The number of nitrogens with two attached hydrogens (primary N) is 1. The van der Waals surface area contributed by atoms with Crippen molar-refractivity contribution in [2.24, 2.45) is 5.73 Å². The Balaban J connectivity index is 2.46. The van der Waals surface area contributed by atoms with Gasteiger partial charge in [0.05, 0.1) is 6.61 Å². The van der Waals surface area contributed by atoms with Crippen molar-refractivity contribution in [1.82, 2.24) is 4.90 Å². The van der Waals surface area contributed by atoms with Gasteiger partial charge in [0, 0.05) is 32.3 Å². The molecule has 2 N–H and O–H groups in total. The minimum absolute atomic E-state index is 0.502. The molecule has 0 aliphatic heterocycles. The maximum absolute atomic E-state index is 5.69. The first-order chi connectivity index (χ1) is 7.29. The second-order valence-electron chi connectivity index (χ2n) is 4.62. The van der Waals surface area contributed by atoms with Gasteiger partial charge in [0.25, 0.3) is 0 Å². The van der Waals surface area contributed by atoms with Crippen molar-refractivity contribution in [2.45, 2.75) is 51.1 Å². The van der Waals surface area contributed by atoms with Crippen molar-refractivity contribution in [3.63, 3.8) is 0 Å². The van der Waals surface area contributed by atoms with E-state index in [9.17, 15) is 0 Å². The summed E-state index contributed by atoms with van der Waals surface area (Å²) in [5, 5.41) is 0. The van der Waals surface area contributed by atoms with E-state index in [1.54, 1.807) is 7.11 Å². The lowest BCUT2D eigenvalue weighted by Crippen LogP contribution is -2.47. The Labute approximate surface area is 94.0 Å². The van der Waals surface area contributed by atoms with E-state index in [4.69, 9.17) is 10.5 Å². The van der Waals surface area contributed by atoms with E-state index < -0.39 is 0 Å². The predicted octanol–water partition coefficient (Wildman–Crippen LogP) is 1.61. The summed E-state index contributed by atoms with van der Waals surface area (Å²) in [7, 11) is 1.78. The van der Waals surface area contributed by atoms with Crippen molar-refractivity contribution < 1.29 is 4.74 Å². The molecule has 0 amide bonds. The third-order valence-electron chi connectivity index (χ3n) is 3.41. The van der Waals surface area contributed by atoms with Gasteiger partial charge in [-0.3, -0.25) is 4.90 Å². The number of ether oxygens (including phenoxy) is 1. The molecular weight excluding hydrogens is 188 g/mol. The van der Waals surface area contributed by atoms with Crippen LogP contribution in [0.25, 0.3) is 0 Å². The summed E-state index contributed by atoms with van der Waals surface area (Å²) in [6.07, 6.45) is 6.85. The summed E-state index contributed by atoms with van der Waals surface area (Å²) in [4.78, 5) is 2.54. The Morgan fingerprint density at radius 3 is 2.53 bits per heavy atom. The van der Waals surface area contributed by atoms with Gasteiger partial charge in [-0.15, -0.1) is 0 Å². The van der Waals surface area contributed by atoms with Crippen LogP contribution in [0.5, 0.6) is 0 Å². The van der Waals surface area contributed by atoms with Gasteiger partial charge in [0.15, 0.2) is 0 Å². The molecule has 3 nitrogen and oxygen atoms in total. The number of methoxy groups -OCH3 is 1. The number of nitrogens with zero attached hydrogens (tertiary/aromatic N) is 1. The first kappa shape index (κ1) is 12.9. The second-order valence-corrected chi connectivity index (χ2v) is 4.62. The molecule has 3 heteroatoms. The Morgan fingerprint density at radius 2 is 2.00 bits per heavy atom. The monoisotopic (exact) mass is 214 g/mol. The van der Waals surface area contributed by atoms with Crippen LogP contribution in [-0.2, 0) is 4.74 Å². The van der Waals surface area contributed by atoms with Crippen molar-refractivity contribution in [3.05, 3.63) is 0 Å². The summed E-state index contributed by atoms with van der Waals surface area (Å²) in [6, 6.07) is 1.24. The molecule has 0 aromatic heterocycles. The van der Waals surface area contributed by atoms with Gasteiger partial charge in [-0.1, -0.05) is 19.3 Å². The molecule has 1 aliphatic rings. The van der Waals surface area contributed by atoms with Crippen molar-refractivity contribution in [2.75, 3.05) is 26.8 Å². The Morgan fingerprint density at radius 1 is 1.33 bits per heavy atom. The summed E-state index contributed by atoms with van der Waals surface area (Å²) < 4.78 is 5.24. The highest BCUT2D eigenvalue weighted by Gasteiger charge is 2.24. The molecule has 0 spiro atoms. The van der Waals surface area contributed by atoms with E-state index in [0.29, 0.717) is 6.04 Å². The molecule has 1 aliphatic carbocycles. The van der Waals surface area contributed by atoms with E-state index in [0.717, 1.165) is 25.7 Å². The lowest BCUT2D eigenvalue weighted by Gasteiger charge is -2.38. The third-order valence-corrected chi connectivity index (χ3v) is 3.41. The van der Waals surface area contributed by atoms with Crippen LogP contribution in [0, 0.1) is 0 Å². The molecule has 90 valence electrons. The fraction of sp³-hybridized carbons (Fsp3) is 1.00. The van der Waals surface area contributed by atoms with E-state index in [1.165, 1.54) is 32.1 Å². The smallest absolute Gasteiger partial charge is 0.0615 e. The van der Waals surface area contributed by atoms with Gasteiger partial charge in [-0.05, 0) is 19.8 Å². The zero-order valence-corrected chi connectivity index (χ0v) is 10.2. The highest BCUT2D eigenvalue weighted by molar-refractivity contribution is 4.79. The molecule has 1 atom stereocenters. The second kappa shape index (κ2) is 7.20. The van der Waals surface area contributed by atoms with E-state index in [-0.39, 0.29) is 0 Å². The fourth-order valence-electron chi connectivity index (χ4n) is 2.66. The average Bonchev–Trinajstić information content (AvgIpc) is 2.27. The maximum Gasteiger partial charge on any atom is 0.0615 e. The van der Waals surface area contributed by atoms with E-state index in [1.807, 2.05) is 0 Å². The van der Waals surface area contributed by atoms with E-state index in [2.05, 4.69) is 11.8 Å². The molecular formula is C12H26N2O. The highest BCUT2D eigenvalue weighted by atomic mass is 16.5. The van der Waals surface area contributed by atoms with Gasteiger partial charge >= 0.3 is 0 Å². The van der Waals surface area contributed by atoms with Crippen LogP contribution in [0.15, 0.2) is 0 Å². The zero-order chi connectivity index (χ0) is 11.1. The van der Waals surface area contributed by atoms with Gasteiger partial charge < -0.3 is 10.5 Å². The van der Waals surface area contributed by atoms with Crippen LogP contribution >= 0.6 is 0 Å². The van der Waals surface area contributed by atoms with Gasteiger partial charge in [0.1, 0.15) is 0 Å². The van der Waals surface area contributed by atoms with Crippen molar-refractivity contribution >= 4 is 0 Å². The summed E-state index contributed by atoms with van der Waals surface area (Å²) in [5.41, 5.74) is 5.69. The highest BCUT2D eigenvalue weighted by Crippen LogP contribution is 2.23. The molecule has 0 bridgehead atoms. The Hall–Kier alpha value is -0.120. The minimum Gasteiger partial charge on any atom is -0.383 e. The van der Waals surface area contributed by atoms with Gasteiger partial charge in [-0.25, -0.2) is 0 Å². The number of hydrogen-bond donors (Lipinski definition) is 1. The summed E-state index contributed by atoms with van der Waals surface area (Å²) >= 11 is 0. The first-order valence-corrected chi connectivity index (χ1v) is 6.24.